The van der Waals surface area contributed by atoms with Crippen molar-refractivity contribution in [1.82, 2.24) is 4.98 Å². The van der Waals surface area contributed by atoms with Crippen LogP contribution in [-0.2, 0) is 11.3 Å². The molecule has 3 rings (SSSR count). The minimum Gasteiger partial charge on any atom is -0.462 e. The molecular weight excluding hydrogens is 316 g/mol. The lowest BCUT2D eigenvalue weighted by atomic mass is 10.1. The van der Waals surface area contributed by atoms with Crippen molar-refractivity contribution in [3.05, 3.63) is 75.6 Å². The van der Waals surface area contributed by atoms with Gasteiger partial charge in [-0.3, -0.25) is 4.79 Å². The lowest BCUT2D eigenvalue weighted by Crippen LogP contribution is -2.17. The predicted octanol–water partition coefficient (Wildman–Crippen LogP) is 3.63. The normalized spacial score (nSPS) is 10.6. The van der Waals surface area contributed by atoms with Crippen LogP contribution < -0.4 is 10.7 Å². The first-order valence-corrected chi connectivity index (χ1v) is 8.21. The molecule has 0 aliphatic heterocycles. The second-order valence-electron chi connectivity index (χ2n) is 5.76. The Kier molecular flexibility index (Phi) is 4.84. The second kappa shape index (κ2) is 7.21. The number of hydrogen-bond donors (Lipinski definition) is 2. The Bertz CT molecular complexity index is 976. The van der Waals surface area contributed by atoms with Gasteiger partial charge in [0, 0.05) is 34.4 Å². The van der Waals surface area contributed by atoms with E-state index < -0.39 is 0 Å². The van der Waals surface area contributed by atoms with Crippen molar-refractivity contribution >= 4 is 22.6 Å². The zero-order chi connectivity index (χ0) is 17.8. The Morgan fingerprint density at radius 1 is 1.16 bits per heavy atom. The molecule has 1 aromatic heterocycles. The molecule has 0 aliphatic rings. The van der Waals surface area contributed by atoms with E-state index in [0.29, 0.717) is 29.7 Å². The average Bonchev–Trinajstić information content (AvgIpc) is 2.62. The summed E-state index contributed by atoms with van der Waals surface area (Å²) in [6, 6.07) is 14.5. The van der Waals surface area contributed by atoms with Crippen LogP contribution in [0.3, 0.4) is 0 Å². The summed E-state index contributed by atoms with van der Waals surface area (Å²) in [5.41, 5.74) is 3.60. The van der Waals surface area contributed by atoms with Gasteiger partial charge in [-0.25, -0.2) is 4.79 Å². The molecule has 0 saturated heterocycles. The molecule has 0 atom stereocenters. The minimum absolute atomic E-state index is 0.0147. The van der Waals surface area contributed by atoms with Gasteiger partial charge < -0.3 is 15.0 Å². The maximum Gasteiger partial charge on any atom is 0.338 e. The quantitative estimate of drug-likeness (QED) is 0.698. The number of nitrogens with one attached hydrogen (secondary N) is 2. The molecule has 0 radical (unpaired) electrons. The summed E-state index contributed by atoms with van der Waals surface area (Å²) >= 11 is 0. The maximum absolute atomic E-state index is 12.7. The van der Waals surface area contributed by atoms with Crippen LogP contribution >= 0.6 is 0 Å². The van der Waals surface area contributed by atoms with Crippen molar-refractivity contribution in [2.75, 3.05) is 11.9 Å². The molecule has 5 nitrogen and oxygen atoms in total. The molecule has 0 aliphatic carbocycles. The number of ether oxygens (including phenoxy) is 1. The molecule has 0 amide bonds. The molecular formula is C20H20N2O3. The van der Waals surface area contributed by atoms with Crippen molar-refractivity contribution in [3.8, 4) is 0 Å². The molecule has 3 aromatic rings. The van der Waals surface area contributed by atoms with Crippen LogP contribution in [0.25, 0.3) is 10.9 Å². The standard InChI is InChI=1S/C20H20N2O3/c1-3-25-20(24)14-7-6-8-15(11-14)21-12-17-13(2)22-18-10-5-4-9-16(18)19(17)23/h4-11,21H,3,12H2,1-2H3,(H,22,23). The smallest absolute Gasteiger partial charge is 0.338 e. The van der Waals surface area contributed by atoms with E-state index in [4.69, 9.17) is 4.74 Å². The highest BCUT2D eigenvalue weighted by Crippen LogP contribution is 2.15. The second-order valence-corrected chi connectivity index (χ2v) is 5.76. The number of anilines is 1. The number of benzene rings is 2. The summed E-state index contributed by atoms with van der Waals surface area (Å²) in [5, 5.41) is 3.89. The largest absolute Gasteiger partial charge is 0.462 e. The molecule has 0 fully saturated rings. The first-order valence-electron chi connectivity index (χ1n) is 8.21. The van der Waals surface area contributed by atoms with E-state index in [1.807, 2.05) is 37.3 Å². The van der Waals surface area contributed by atoms with Gasteiger partial charge in [-0.1, -0.05) is 18.2 Å². The van der Waals surface area contributed by atoms with Crippen LogP contribution in [0.4, 0.5) is 5.69 Å². The number of H-pyrrole nitrogens is 1. The Balaban J connectivity index is 1.85. The zero-order valence-corrected chi connectivity index (χ0v) is 14.3. The molecule has 0 saturated carbocycles. The van der Waals surface area contributed by atoms with E-state index in [2.05, 4.69) is 10.3 Å². The third-order valence-electron chi connectivity index (χ3n) is 4.06. The predicted molar refractivity (Wildman–Crippen MR) is 99.0 cm³/mol. The van der Waals surface area contributed by atoms with Crippen LogP contribution in [0.1, 0.15) is 28.5 Å². The lowest BCUT2D eigenvalue weighted by molar-refractivity contribution is 0.0526. The number of aryl methyl sites for hydroxylation is 1. The summed E-state index contributed by atoms with van der Waals surface area (Å²) < 4.78 is 5.01. The van der Waals surface area contributed by atoms with Crippen molar-refractivity contribution in [2.24, 2.45) is 0 Å². The van der Waals surface area contributed by atoms with Crippen molar-refractivity contribution in [3.63, 3.8) is 0 Å². The van der Waals surface area contributed by atoms with E-state index in [-0.39, 0.29) is 11.4 Å². The fourth-order valence-electron chi connectivity index (χ4n) is 2.77. The molecule has 0 bridgehead atoms. The van der Waals surface area contributed by atoms with Crippen LogP contribution in [0.15, 0.2) is 53.3 Å². The lowest BCUT2D eigenvalue weighted by Gasteiger charge is -2.11. The van der Waals surface area contributed by atoms with Crippen LogP contribution in [0, 0.1) is 6.92 Å². The Labute approximate surface area is 145 Å². The van der Waals surface area contributed by atoms with Gasteiger partial charge in [0.2, 0.25) is 0 Å². The number of para-hydroxylation sites is 1. The highest BCUT2D eigenvalue weighted by molar-refractivity contribution is 5.90. The van der Waals surface area contributed by atoms with Gasteiger partial charge >= 0.3 is 5.97 Å². The number of rotatable bonds is 5. The molecule has 1 heterocycles. The summed E-state index contributed by atoms with van der Waals surface area (Å²) in [4.78, 5) is 27.8. The third kappa shape index (κ3) is 3.55. The molecule has 25 heavy (non-hydrogen) atoms. The number of aromatic nitrogens is 1. The summed E-state index contributed by atoms with van der Waals surface area (Å²) in [6.45, 7) is 4.37. The van der Waals surface area contributed by atoms with Gasteiger partial charge in [0.1, 0.15) is 0 Å². The third-order valence-corrected chi connectivity index (χ3v) is 4.06. The van der Waals surface area contributed by atoms with E-state index in [1.165, 1.54) is 0 Å². The van der Waals surface area contributed by atoms with Gasteiger partial charge in [0.05, 0.1) is 12.2 Å². The van der Waals surface area contributed by atoms with Crippen molar-refractivity contribution in [1.29, 1.82) is 0 Å². The number of hydrogen-bond acceptors (Lipinski definition) is 4. The fourth-order valence-corrected chi connectivity index (χ4v) is 2.77. The Hall–Kier alpha value is -3.08. The fraction of sp³-hybridized carbons (Fsp3) is 0.200. The average molecular weight is 336 g/mol. The Morgan fingerprint density at radius 3 is 2.76 bits per heavy atom. The summed E-state index contributed by atoms with van der Waals surface area (Å²) in [6.07, 6.45) is 0. The van der Waals surface area contributed by atoms with Crippen LogP contribution in [0.5, 0.6) is 0 Å². The molecule has 128 valence electrons. The number of pyridine rings is 1. The SMILES string of the molecule is CCOC(=O)c1cccc(NCc2c(C)[nH]c3ccccc3c2=O)c1. The number of carbonyl (C=O) groups is 1. The molecule has 5 heteroatoms. The zero-order valence-electron chi connectivity index (χ0n) is 14.3. The summed E-state index contributed by atoms with van der Waals surface area (Å²) in [5.74, 6) is -0.356. The molecule has 2 N–H and O–H groups in total. The van der Waals surface area contributed by atoms with E-state index in [1.54, 1.807) is 25.1 Å². The topological polar surface area (TPSA) is 71.2 Å². The highest BCUT2D eigenvalue weighted by atomic mass is 16.5. The molecule has 2 aromatic carbocycles. The number of aromatic amines is 1. The minimum atomic E-state index is -0.356. The van der Waals surface area contributed by atoms with Gasteiger partial charge in [0.25, 0.3) is 0 Å². The van der Waals surface area contributed by atoms with Crippen molar-refractivity contribution < 1.29 is 9.53 Å². The van der Waals surface area contributed by atoms with Crippen molar-refractivity contribution in [2.45, 2.75) is 20.4 Å². The van der Waals surface area contributed by atoms with Gasteiger partial charge in [-0.15, -0.1) is 0 Å². The first-order chi connectivity index (χ1) is 12.1. The molecule has 0 unspecified atom stereocenters. The monoisotopic (exact) mass is 336 g/mol. The maximum atomic E-state index is 12.7. The van der Waals surface area contributed by atoms with Crippen LogP contribution in [-0.4, -0.2) is 17.6 Å². The van der Waals surface area contributed by atoms with E-state index in [0.717, 1.165) is 16.9 Å². The number of fused-ring (bicyclic) bond motifs is 1. The molecule has 0 spiro atoms. The highest BCUT2D eigenvalue weighted by Gasteiger charge is 2.10. The first kappa shape index (κ1) is 16.8. The Morgan fingerprint density at radius 2 is 1.96 bits per heavy atom. The summed E-state index contributed by atoms with van der Waals surface area (Å²) in [7, 11) is 0. The van der Waals surface area contributed by atoms with E-state index >= 15 is 0 Å². The van der Waals surface area contributed by atoms with Crippen LogP contribution in [0.2, 0.25) is 0 Å². The van der Waals surface area contributed by atoms with E-state index in [9.17, 15) is 9.59 Å². The van der Waals surface area contributed by atoms with Gasteiger partial charge in [-0.05, 0) is 44.2 Å². The number of esters is 1. The van der Waals surface area contributed by atoms with Gasteiger partial charge in [0.15, 0.2) is 5.43 Å². The number of carbonyl (C=O) groups excluding carboxylic acids is 1. The van der Waals surface area contributed by atoms with Gasteiger partial charge in [-0.2, -0.15) is 0 Å².